The monoisotopic (exact) mass is 291 g/mol. The number of benzene rings is 1. The lowest BCUT2D eigenvalue weighted by Crippen LogP contribution is -2.32. The van der Waals surface area contributed by atoms with E-state index in [1.807, 2.05) is 0 Å². The number of aliphatic hydroxyl groups excluding tert-OH is 1. The van der Waals surface area contributed by atoms with Gasteiger partial charge in [0.05, 0.1) is 11.5 Å². The van der Waals surface area contributed by atoms with Gasteiger partial charge in [-0.15, -0.1) is 0 Å². The van der Waals surface area contributed by atoms with E-state index in [-0.39, 0.29) is 0 Å². The van der Waals surface area contributed by atoms with Gasteiger partial charge in [0.1, 0.15) is 6.10 Å². The lowest BCUT2D eigenvalue weighted by molar-refractivity contribution is -0.484. The third-order valence-electron chi connectivity index (χ3n) is 2.81. The zero-order chi connectivity index (χ0) is 15.5. The molecule has 20 heavy (non-hydrogen) atoms. The van der Waals surface area contributed by atoms with Crippen molar-refractivity contribution in [3.8, 4) is 0 Å². The number of hydrogen-bond donors (Lipinski definition) is 1. The second kappa shape index (κ2) is 6.00. The van der Waals surface area contributed by atoms with Crippen LogP contribution in [0.4, 0.5) is 13.2 Å². The molecule has 110 valence electrons. The summed E-state index contributed by atoms with van der Waals surface area (Å²) in [6.07, 6.45) is -6.58. The first-order valence-corrected chi connectivity index (χ1v) is 5.61. The number of halogens is 3. The summed E-state index contributed by atoms with van der Waals surface area (Å²) in [6.45, 7) is 0.00164. The third kappa shape index (κ3) is 3.77. The Bertz CT molecular complexity index is 516. The summed E-state index contributed by atoms with van der Waals surface area (Å²) < 4.78 is 38.6. The molecule has 0 saturated heterocycles. The molecule has 1 aromatic rings. The smallest absolute Gasteiger partial charge is 0.384 e. The molecule has 2 atom stereocenters. The van der Waals surface area contributed by atoms with Gasteiger partial charge in [-0.25, -0.2) is 0 Å². The summed E-state index contributed by atoms with van der Waals surface area (Å²) in [5, 5.41) is 20.2. The van der Waals surface area contributed by atoms with Crippen molar-refractivity contribution in [2.75, 3.05) is 6.54 Å². The highest BCUT2D eigenvalue weighted by molar-refractivity contribution is 5.81. The van der Waals surface area contributed by atoms with E-state index in [1.54, 1.807) is 0 Å². The number of hydrogen-bond acceptors (Lipinski definition) is 4. The minimum atomic E-state index is -4.72. The van der Waals surface area contributed by atoms with Crippen molar-refractivity contribution in [2.24, 2.45) is 0 Å². The van der Waals surface area contributed by atoms with Crippen LogP contribution in [-0.2, 0) is 11.0 Å². The van der Waals surface area contributed by atoms with Gasteiger partial charge in [0, 0.05) is 4.92 Å². The van der Waals surface area contributed by atoms with Crippen molar-refractivity contribution >= 4 is 5.78 Å². The van der Waals surface area contributed by atoms with Crippen LogP contribution >= 0.6 is 0 Å². The molecule has 1 aromatic carbocycles. The average Bonchev–Trinajstić information content (AvgIpc) is 2.33. The van der Waals surface area contributed by atoms with E-state index in [9.17, 15) is 33.2 Å². The Morgan fingerprint density at radius 1 is 1.40 bits per heavy atom. The zero-order valence-electron chi connectivity index (χ0n) is 10.4. The maximum absolute atomic E-state index is 12.9. The number of Topliss-reactive ketones (excluding diaryl/α,β-unsaturated/α-hetero) is 1. The Labute approximate surface area is 112 Å². The normalized spacial score (nSPS) is 14.7. The van der Waals surface area contributed by atoms with Gasteiger partial charge < -0.3 is 5.11 Å². The summed E-state index contributed by atoms with van der Waals surface area (Å²) in [5.41, 5.74) is -1.55. The Kier molecular flexibility index (Phi) is 4.83. The molecule has 0 aliphatic heterocycles. The number of rotatable bonds is 5. The number of nitrogens with zero attached hydrogens (tertiary/aromatic N) is 1. The van der Waals surface area contributed by atoms with E-state index >= 15 is 0 Å². The summed E-state index contributed by atoms with van der Waals surface area (Å²) in [5.74, 6) is -2.37. The molecule has 0 aliphatic rings. The van der Waals surface area contributed by atoms with Crippen LogP contribution in [0.3, 0.4) is 0 Å². The minimum absolute atomic E-state index is 0.459. The molecule has 0 fully saturated rings. The first-order valence-electron chi connectivity index (χ1n) is 5.61. The fraction of sp³-hybridized carbons (Fsp3) is 0.417. The standard InChI is InChI=1S/C12H12F3NO4/c1-7(17)11(18)9(6-16(19)20)8-4-2-3-5-10(8)12(13,14)15/h2-5,9,11,18H,6H2,1H3/t9-,11+/m0/s1. The van der Waals surface area contributed by atoms with E-state index in [0.29, 0.717) is 0 Å². The topological polar surface area (TPSA) is 80.4 Å². The highest BCUT2D eigenvalue weighted by atomic mass is 19.4. The molecule has 5 nitrogen and oxygen atoms in total. The van der Waals surface area contributed by atoms with Crippen LogP contribution in [0.15, 0.2) is 24.3 Å². The molecule has 0 heterocycles. The maximum atomic E-state index is 12.9. The quantitative estimate of drug-likeness (QED) is 0.664. The van der Waals surface area contributed by atoms with Gasteiger partial charge in [-0.1, -0.05) is 18.2 Å². The molecule has 0 amide bonds. The van der Waals surface area contributed by atoms with Crippen molar-refractivity contribution in [3.05, 3.63) is 45.5 Å². The minimum Gasteiger partial charge on any atom is -0.384 e. The lowest BCUT2D eigenvalue weighted by atomic mass is 9.88. The number of alkyl halides is 3. The first kappa shape index (κ1) is 16.1. The SMILES string of the molecule is CC(=O)[C@@H](O)[C@@H](C[N+](=O)[O-])c1ccccc1C(F)(F)F. The molecule has 0 unspecified atom stereocenters. The van der Waals surface area contributed by atoms with Gasteiger partial charge in [0.15, 0.2) is 5.78 Å². The van der Waals surface area contributed by atoms with E-state index in [4.69, 9.17) is 0 Å². The van der Waals surface area contributed by atoms with Gasteiger partial charge in [-0.2, -0.15) is 13.2 Å². The molecular weight excluding hydrogens is 279 g/mol. The van der Waals surface area contributed by atoms with Crippen molar-refractivity contribution < 1.29 is 28.0 Å². The summed E-state index contributed by atoms with van der Waals surface area (Å²) in [4.78, 5) is 20.9. The van der Waals surface area contributed by atoms with Gasteiger partial charge >= 0.3 is 6.18 Å². The Hall–Kier alpha value is -1.96. The number of carbonyl (C=O) groups excluding carboxylic acids is 1. The molecule has 0 aliphatic carbocycles. The van der Waals surface area contributed by atoms with Crippen molar-refractivity contribution in [1.82, 2.24) is 0 Å². The number of nitro groups is 1. The van der Waals surface area contributed by atoms with Crippen LogP contribution in [0, 0.1) is 10.1 Å². The molecule has 8 heteroatoms. The second-order valence-electron chi connectivity index (χ2n) is 4.26. The molecule has 0 bridgehead atoms. The van der Waals surface area contributed by atoms with Gasteiger partial charge in [0.25, 0.3) is 0 Å². The van der Waals surface area contributed by atoms with Crippen LogP contribution in [0.25, 0.3) is 0 Å². The van der Waals surface area contributed by atoms with E-state index in [1.165, 1.54) is 6.07 Å². The molecule has 0 radical (unpaired) electrons. The van der Waals surface area contributed by atoms with E-state index in [2.05, 4.69) is 0 Å². The van der Waals surface area contributed by atoms with Crippen molar-refractivity contribution in [3.63, 3.8) is 0 Å². The highest BCUT2D eigenvalue weighted by Crippen LogP contribution is 2.36. The predicted molar refractivity (Wildman–Crippen MR) is 62.7 cm³/mol. The largest absolute Gasteiger partial charge is 0.416 e. The van der Waals surface area contributed by atoms with Crippen LogP contribution in [0.5, 0.6) is 0 Å². The Morgan fingerprint density at radius 3 is 2.40 bits per heavy atom. The Balaban J connectivity index is 3.34. The molecule has 1 N–H and O–H groups in total. The zero-order valence-corrected chi connectivity index (χ0v) is 10.4. The summed E-state index contributed by atoms with van der Waals surface area (Å²) >= 11 is 0. The highest BCUT2D eigenvalue weighted by Gasteiger charge is 2.39. The van der Waals surface area contributed by atoms with Crippen LogP contribution in [-0.4, -0.2) is 28.5 Å². The van der Waals surface area contributed by atoms with Crippen molar-refractivity contribution in [2.45, 2.75) is 25.1 Å². The maximum Gasteiger partial charge on any atom is 0.416 e. The van der Waals surface area contributed by atoms with Gasteiger partial charge in [-0.05, 0) is 18.6 Å². The summed E-state index contributed by atoms with van der Waals surface area (Å²) in [6, 6.07) is 4.19. The first-order chi connectivity index (χ1) is 9.14. The third-order valence-corrected chi connectivity index (χ3v) is 2.81. The molecule has 0 aromatic heterocycles. The van der Waals surface area contributed by atoms with Crippen molar-refractivity contribution in [1.29, 1.82) is 0 Å². The van der Waals surface area contributed by atoms with E-state index in [0.717, 1.165) is 25.1 Å². The second-order valence-corrected chi connectivity index (χ2v) is 4.26. The number of ketones is 1. The Morgan fingerprint density at radius 2 is 1.95 bits per heavy atom. The molecule has 0 spiro atoms. The molecule has 1 rings (SSSR count). The molecule has 0 saturated carbocycles. The van der Waals surface area contributed by atoms with Crippen LogP contribution < -0.4 is 0 Å². The summed E-state index contributed by atoms with van der Waals surface area (Å²) in [7, 11) is 0. The predicted octanol–water partition coefficient (Wildman–Crippen LogP) is 2.02. The fourth-order valence-electron chi connectivity index (χ4n) is 1.89. The molecular formula is C12H12F3NO4. The number of carbonyl (C=O) groups is 1. The number of aliphatic hydroxyl groups is 1. The van der Waals surface area contributed by atoms with Gasteiger partial charge in [-0.3, -0.25) is 14.9 Å². The lowest BCUT2D eigenvalue weighted by Gasteiger charge is -2.21. The van der Waals surface area contributed by atoms with Crippen LogP contribution in [0.1, 0.15) is 24.0 Å². The average molecular weight is 291 g/mol. The van der Waals surface area contributed by atoms with Crippen LogP contribution in [0.2, 0.25) is 0 Å². The fourth-order valence-corrected chi connectivity index (χ4v) is 1.89. The van der Waals surface area contributed by atoms with E-state index < -0.39 is 46.6 Å². The van der Waals surface area contributed by atoms with Gasteiger partial charge in [0.2, 0.25) is 6.54 Å².